The summed E-state index contributed by atoms with van der Waals surface area (Å²) in [4.78, 5) is 33.0. The van der Waals surface area contributed by atoms with Crippen LogP contribution in [0.5, 0.6) is 0 Å². The Morgan fingerprint density at radius 1 is 1.39 bits per heavy atom. The quantitative estimate of drug-likeness (QED) is 0.502. The molecule has 0 saturated carbocycles. The van der Waals surface area contributed by atoms with Crippen molar-refractivity contribution in [1.82, 2.24) is 5.32 Å². The van der Waals surface area contributed by atoms with Gasteiger partial charge in [-0.1, -0.05) is 0 Å². The molecule has 0 spiro atoms. The van der Waals surface area contributed by atoms with Crippen molar-refractivity contribution in [3.05, 3.63) is 0 Å². The minimum atomic E-state index is -1.45. The van der Waals surface area contributed by atoms with Crippen LogP contribution < -0.4 is 5.32 Å². The summed E-state index contributed by atoms with van der Waals surface area (Å²) in [5, 5.41) is 20.2. The predicted molar refractivity (Wildman–Crippen MR) is 56.6 cm³/mol. The molecule has 3 unspecified atom stereocenters. The number of nitrogens with one attached hydrogen (secondary N) is 1. The van der Waals surface area contributed by atoms with Gasteiger partial charge in [-0.05, 0) is 12.8 Å². The highest BCUT2D eigenvalue weighted by atomic mass is 16.5. The Labute approximate surface area is 103 Å². The van der Waals surface area contributed by atoms with E-state index >= 15 is 0 Å². The molecule has 1 aliphatic rings. The molecule has 0 radical (unpaired) electrons. The Hall–Kier alpha value is -1.67. The number of amides is 1. The number of methoxy groups -OCH3 is 1. The second-order valence-corrected chi connectivity index (χ2v) is 3.81. The molecule has 1 amide bonds. The SMILES string of the molecule is COC(=O)C(O)CNC(=O)C1CCC(C(=O)O)O1. The van der Waals surface area contributed by atoms with Gasteiger partial charge in [-0.25, -0.2) is 9.59 Å². The number of carbonyl (C=O) groups excluding carboxylic acids is 2. The summed E-state index contributed by atoms with van der Waals surface area (Å²) < 4.78 is 9.26. The zero-order valence-electron chi connectivity index (χ0n) is 9.79. The van der Waals surface area contributed by atoms with Gasteiger partial charge in [0.25, 0.3) is 0 Å². The van der Waals surface area contributed by atoms with Crippen LogP contribution in [0.4, 0.5) is 0 Å². The number of ether oxygens (including phenoxy) is 2. The molecule has 8 nitrogen and oxygen atoms in total. The van der Waals surface area contributed by atoms with E-state index in [0.29, 0.717) is 0 Å². The fraction of sp³-hybridized carbons (Fsp3) is 0.700. The Morgan fingerprint density at radius 3 is 2.50 bits per heavy atom. The van der Waals surface area contributed by atoms with Crippen LogP contribution in [0.3, 0.4) is 0 Å². The fourth-order valence-corrected chi connectivity index (χ4v) is 1.54. The molecule has 8 heteroatoms. The number of carboxylic acid groups (broad SMARTS) is 1. The summed E-state index contributed by atoms with van der Waals surface area (Å²) in [5.41, 5.74) is 0. The van der Waals surface area contributed by atoms with E-state index in [2.05, 4.69) is 10.1 Å². The van der Waals surface area contributed by atoms with Crippen molar-refractivity contribution in [3.63, 3.8) is 0 Å². The highest BCUT2D eigenvalue weighted by Gasteiger charge is 2.34. The Balaban J connectivity index is 2.34. The lowest BCUT2D eigenvalue weighted by Gasteiger charge is -2.13. The van der Waals surface area contributed by atoms with E-state index < -0.39 is 36.2 Å². The molecular formula is C10H15NO7. The van der Waals surface area contributed by atoms with Crippen molar-refractivity contribution in [2.75, 3.05) is 13.7 Å². The first kappa shape index (κ1) is 14.4. The summed E-state index contributed by atoms with van der Waals surface area (Å²) in [5.74, 6) is -2.52. The second kappa shape index (κ2) is 6.31. The summed E-state index contributed by atoms with van der Waals surface area (Å²) in [7, 11) is 1.12. The molecule has 0 aromatic rings. The minimum absolute atomic E-state index is 0.257. The normalized spacial score (nSPS) is 24.3. The van der Waals surface area contributed by atoms with Crippen molar-refractivity contribution in [2.24, 2.45) is 0 Å². The zero-order chi connectivity index (χ0) is 13.7. The first-order valence-corrected chi connectivity index (χ1v) is 5.37. The van der Waals surface area contributed by atoms with Crippen LogP contribution in [0, 0.1) is 0 Å². The highest BCUT2D eigenvalue weighted by molar-refractivity contribution is 5.83. The van der Waals surface area contributed by atoms with Crippen LogP contribution in [0.15, 0.2) is 0 Å². The standard InChI is InChI=1S/C10H15NO7/c1-17-10(16)5(12)4-11-8(13)6-2-3-7(18-6)9(14)15/h5-7,12H,2-4H2,1H3,(H,11,13)(H,14,15). The van der Waals surface area contributed by atoms with Gasteiger partial charge in [0.05, 0.1) is 13.7 Å². The van der Waals surface area contributed by atoms with E-state index in [4.69, 9.17) is 9.84 Å². The smallest absolute Gasteiger partial charge is 0.336 e. The van der Waals surface area contributed by atoms with Gasteiger partial charge in [0.1, 0.15) is 6.10 Å². The van der Waals surface area contributed by atoms with Crippen LogP contribution in [-0.4, -0.2) is 60.0 Å². The monoisotopic (exact) mass is 261 g/mol. The van der Waals surface area contributed by atoms with E-state index in [9.17, 15) is 19.5 Å². The molecule has 3 atom stereocenters. The molecule has 1 heterocycles. The van der Waals surface area contributed by atoms with Crippen molar-refractivity contribution in [2.45, 2.75) is 31.2 Å². The zero-order valence-corrected chi connectivity index (χ0v) is 9.79. The first-order chi connectivity index (χ1) is 8.45. The van der Waals surface area contributed by atoms with E-state index in [-0.39, 0.29) is 19.4 Å². The van der Waals surface area contributed by atoms with Gasteiger partial charge in [0.2, 0.25) is 5.91 Å². The average Bonchev–Trinajstić information content (AvgIpc) is 2.84. The molecule has 1 saturated heterocycles. The third-order valence-corrected chi connectivity index (χ3v) is 2.53. The lowest BCUT2D eigenvalue weighted by molar-refractivity contribution is -0.152. The Bertz CT molecular complexity index is 343. The molecule has 3 N–H and O–H groups in total. The number of carbonyl (C=O) groups is 3. The number of hydrogen-bond acceptors (Lipinski definition) is 6. The van der Waals surface area contributed by atoms with Gasteiger partial charge in [-0.15, -0.1) is 0 Å². The largest absolute Gasteiger partial charge is 0.479 e. The molecule has 0 aliphatic carbocycles. The number of aliphatic carboxylic acids is 1. The molecule has 18 heavy (non-hydrogen) atoms. The summed E-state index contributed by atoms with van der Waals surface area (Å²) >= 11 is 0. The molecule has 1 aliphatic heterocycles. The van der Waals surface area contributed by atoms with E-state index in [0.717, 1.165) is 7.11 Å². The molecule has 1 fully saturated rings. The van der Waals surface area contributed by atoms with Gasteiger partial charge in [-0.2, -0.15) is 0 Å². The van der Waals surface area contributed by atoms with Crippen LogP contribution >= 0.6 is 0 Å². The number of carboxylic acids is 1. The number of hydrogen-bond donors (Lipinski definition) is 3. The maximum atomic E-state index is 11.5. The third kappa shape index (κ3) is 3.67. The van der Waals surface area contributed by atoms with Gasteiger partial charge in [0.15, 0.2) is 12.2 Å². The summed E-state index contributed by atoms with van der Waals surface area (Å²) in [6.45, 7) is -0.302. The van der Waals surface area contributed by atoms with Gasteiger partial charge < -0.3 is 25.0 Å². The Kier molecular flexibility index (Phi) is 5.05. The van der Waals surface area contributed by atoms with Crippen molar-refractivity contribution in [3.8, 4) is 0 Å². The molecule has 1 rings (SSSR count). The maximum Gasteiger partial charge on any atom is 0.336 e. The Morgan fingerprint density at radius 2 is 2.00 bits per heavy atom. The summed E-state index contributed by atoms with van der Waals surface area (Å²) in [6.07, 6.45) is -2.75. The number of rotatable bonds is 5. The van der Waals surface area contributed by atoms with Crippen LogP contribution in [0.1, 0.15) is 12.8 Å². The lowest BCUT2D eigenvalue weighted by atomic mass is 10.2. The summed E-state index contributed by atoms with van der Waals surface area (Å²) in [6, 6.07) is 0. The highest BCUT2D eigenvalue weighted by Crippen LogP contribution is 2.19. The maximum absolute atomic E-state index is 11.5. The second-order valence-electron chi connectivity index (χ2n) is 3.81. The predicted octanol–water partition coefficient (Wildman–Crippen LogP) is -1.73. The topological polar surface area (TPSA) is 122 Å². The lowest BCUT2D eigenvalue weighted by Crippen LogP contribution is -2.42. The van der Waals surface area contributed by atoms with E-state index in [1.165, 1.54) is 0 Å². The van der Waals surface area contributed by atoms with Gasteiger partial charge in [-0.3, -0.25) is 4.79 Å². The molecule has 0 aromatic carbocycles. The molecule has 102 valence electrons. The van der Waals surface area contributed by atoms with E-state index in [1.807, 2.05) is 0 Å². The minimum Gasteiger partial charge on any atom is -0.479 e. The molecule has 0 aromatic heterocycles. The van der Waals surface area contributed by atoms with Gasteiger partial charge in [0, 0.05) is 0 Å². The first-order valence-electron chi connectivity index (χ1n) is 5.37. The number of esters is 1. The van der Waals surface area contributed by atoms with Crippen molar-refractivity contribution in [1.29, 1.82) is 0 Å². The van der Waals surface area contributed by atoms with Gasteiger partial charge >= 0.3 is 11.9 Å². The average molecular weight is 261 g/mol. The van der Waals surface area contributed by atoms with Crippen molar-refractivity contribution >= 4 is 17.8 Å². The van der Waals surface area contributed by atoms with Crippen molar-refractivity contribution < 1.29 is 34.1 Å². The third-order valence-electron chi connectivity index (χ3n) is 2.53. The number of aliphatic hydroxyl groups excluding tert-OH is 1. The van der Waals surface area contributed by atoms with Crippen LogP contribution in [0.2, 0.25) is 0 Å². The molecule has 0 bridgehead atoms. The van der Waals surface area contributed by atoms with E-state index in [1.54, 1.807) is 0 Å². The van der Waals surface area contributed by atoms with Crippen LogP contribution in [-0.2, 0) is 23.9 Å². The number of aliphatic hydroxyl groups is 1. The fourth-order valence-electron chi connectivity index (χ4n) is 1.54. The molecular weight excluding hydrogens is 246 g/mol. The van der Waals surface area contributed by atoms with Crippen LogP contribution in [0.25, 0.3) is 0 Å².